The van der Waals surface area contributed by atoms with Gasteiger partial charge in [0.15, 0.2) is 0 Å². The molecule has 1 rings (SSSR count). The standard InChI is InChI=1S/C9H20N2O.ClH/c1-8(2)7-11-5-4-10-6-9(11)12-3;/h8-10H,4-7H2,1-3H3;1H. The molecular weight excluding hydrogens is 188 g/mol. The molecule has 0 aromatic carbocycles. The van der Waals surface area contributed by atoms with E-state index in [1.807, 2.05) is 0 Å². The van der Waals surface area contributed by atoms with Crippen LogP contribution in [0.1, 0.15) is 13.8 Å². The molecule has 0 radical (unpaired) electrons. The number of methoxy groups -OCH3 is 1. The zero-order valence-corrected chi connectivity index (χ0v) is 9.56. The van der Waals surface area contributed by atoms with E-state index >= 15 is 0 Å². The summed E-state index contributed by atoms with van der Waals surface area (Å²) in [5.41, 5.74) is 0. The molecule has 1 aliphatic rings. The molecule has 1 fully saturated rings. The Kier molecular flexibility index (Phi) is 6.68. The van der Waals surface area contributed by atoms with Gasteiger partial charge < -0.3 is 10.1 Å². The molecular formula is C9H21ClN2O. The Hall–Kier alpha value is 0.170. The Morgan fingerprint density at radius 1 is 1.54 bits per heavy atom. The molecule has 0 aromatic heterocycles. The smallest absolute Gasteiger partial charge is 0.122 e. The number of ether oxygens (including phenoxy) is 1. The lowest BCUT2D eigenvalue weighted by Gasteiger charge is -2.35. The van der Waals surface area contributed by atoms with E-state index < -0.39 is 0 Å². The van der Waals surface area contributed by atoms with Gasteiger partial charge in [0.2, 0.25) is 0 Å². The Morgan fingerprint density at radius 3 is 2.77 bits per heavy atom. The second-order valence-electron chi connectivity index (χ2n) is 3.78. The number of rotatable bonds is 3. The summed E-state index contributed by atoms with van der Waals surface area (Å²) >= 11 is 0. The summed E-state index contributed by atoms with van der Waals surface area (Å²) in [6.45, 7) is 8.79. The summed E-state index contributed by atoms with van der Waals surface area (Å²) in [4.78, 5) is 2.40. The fourth-order valence-corrected chi connectivity index (χ4v) is 1.63. The summed E-state index contributed by atoms with van der Waals surface area (Å²) in [6, 6.07) is 0. The molecule has 4 heteroatoms. The van der Waals surface area contributed by atoms with Crippen molar-refractivity contribution >= 4 is 12.4 Å². The van der Waals surface area contributed by atoms with Gasteiger partial charge in [-0.05, 0) is 5.92 Å². The number of hydrogen-bond acceptors (Lipinski definition) is 3. The van der Waals surface area contributed by atoms with Gasteiger partial charge in [-0.3, -0.25) is 4.90 Å². The first-order chi connectivity index (χ1) is 5.74. The highest BCUT2D eigenvalue weighted by atomic mass is 35.5. The molecule has 80 valence electrons. The highest BCUT2D eigenvalue weighted by molar-refractivity contribution is 5.85. The first-order valence-electron chi connectivity index (χ1n) is 4.71. The maximum Gasteiger partial charge on any atom is 0.122 e. The highest BCUT2D eigenvalue weighted by Gasteiger charge is 2.21. The van der Waals surface area contributed by atoms with Crippen LogP contribution >= 0.6 is 12.4 Å². The molecule has 0 spiro atoms. The summed E-state index contributed by atoms with van der Waals surface area (Å²) in [5, 5.41) is 3.32. The van der Waals surface area contributed by atoms with Gasteiger partial charge in [-0.15, -0.1) is 12.4 Å². The molecule has 13 heavy (non-hydrogen) atoms. The number of nitrogens with zero attached hydrogens (tertiary/aromatic N) is 1. The fraction of sp³-hybridized carbons (Fsp3) is 1.00. The molecule has 3 nitrogen and oxygen atoms in total. The highest BCUT2D eigenvalue weighted by Crippen LogP contribution is 2.06. The van der Waals surface area contributed by atoms with Crippen molar-refractivity contribution in [1.82, 2.24) is 10.2 Å². The quantitative estimate of drug-likeness (QED) is 0.748. The van der Waals surface area contributed by atoms with Crippen LogP contribution in [0.5, 0.6) is 0 Å². The number of hydrogen-bond donors (Lipinski definition) is 1. The van der Waals surface area contributed by atoms with E-state index in [9.17, 15) is 0 Å². The maximum atomic E-state index is 5.37. The minimum Gasteiger partial charge on any atom is -0.365 e. The molecule has 0 aliphatic carbocycles. The van der Waals surface area contributed by atoms with Gasteiger partial charge in [-0.25, -0.2) is 0 Å². The van der Waals surface area contributed by atoms with Gasteiger partial charge in [0.1, 0.15) is 6.23 Å². The van der Waals surface area contributed by atoms with E-state index in [0.29, 0.717) is 0 Å². The van der Waals surface area contributed by atoms with Gasteiger partial charge in [0.25, 0.3) is 0 Å². The molecule has 1 aliphatic heterocycles. The van der Waals surface area contributed by atoms with Gasteiger partial charge in [0, 0.05) is 33.3 Å². The summed E-state index contributed by atoms with van der Waals surface area (Å²) < 4.78 is 5.37. The van der Waals surface area contributed by atoms with Crippen LogP contribution in [-0.2, 0) is 4.74 Å². The summed E-state index contributed by atoms with van der Waals surface area (Å²) in [7, 11) is 1.78. The van der Waals surface area contributed by atoms with E-state index in [2.05, 4.69) is 24.1 Å². The normalized spacial score (nSPS) is 24.5. The Morgan fingerprint density at radius 2 is 2.23 bits per heavy atom. The minimum absolute atomic E-state index is 0. The second-order valence-corrected chi connectivity index (χ2v) is 3.78. The third kappa shape index (κ3) is 4.27. The van der Waals surface area contributed by atoms with Crippen molar-refractivity contribution < 1.29 is 4.74 Å². The average molecular weight is 209 g/mol. The summed E-state index contributed by atoms with van der Waals surface area (Å²) in [5.74, 6) is 0.723. The topological polar surface area (TPSA) is 24.5 Å². The van der Waals surface area contributed by atoms with Crippen LogP contribution in [0.15, 0.2) is 0 Å². The molecule has 0 bridgehead atoms. The van der Waals surface area contributed by atoms with Crippen LogP contribution in [0.3, 0.4) is 0 Å². The van der Waals surface area contributed by atoms with Crippen molar-refractivity contribution in [3.05, 3.63) is 0 Å². The van der Waals surface area contributed by atoms with E-state index in [-0.39, 0.29) is 18.6 Å². The molecule has 1 unspecified atom stereocenters. The summed E-state index contributed by atoms with van der Waals surface area (Å²) in [6.07, 6.45) is 0.279. The van der Waals surface area contributed by atoms with Crippen molar-refractivity contribution in [2.75, 3.05) is 33.3 Å². The Balaban J connectivity index is 0.00000144. The predicted octanol–water partition coefficient (Wildman–Crippen LogP) is 0.942. The first kappa shape index (κ1) is 13.2. The first-order valence-corrected chi connectivity index (χ1v) is 4.71. The van der Waals surface area contributed by atoms with Crippen LogP contribution in [0, 0.1) is 5.92 Å². The van der Waals surface area contributed by atoms with Crippen LogP contribution in [0.4, 0.5) is 0 Å². The van der Waals surface area contributed by atoms with E-state index in [1.54, 1.807) is 7.11 Å². The largest absolute Gasteiger partial charge is 0.365 e. The lowest BCUT2D eigenvalue weighted by molar-refractivity contribution is -0.0501. The molecule has 0 amide bonds. The third-order valence-corrected chi connectivity index (χ3v) is 2.17. The minimum atomic E-state index is 0. The van der Waals surface area contributed by atoms with Gasteiger partial charge in [-0.1, -0.05) is 13.8 Å². The lowest BCUT2D eigenvalue weighted by Crippen LogP contribution is -2.53. The van der Waals surface area contributed by atoms with Gasteiger partial charge in [0.05, 0.1) is 0 Å². The van der Waals surface area contributed by atoms with Crippen molar-refractivity contribution in [3.63, 3.8) is 0 Å². The number of halogens is 1. The SMILES string of the molecule is COC1CNCCN1CC(C)C.Cl. The third-order valence-electron chi connectivity index (χ3n) is 2.17. The molecule has 0 saturated carbocycles. The van der Waals surface area contributed by atoms with Crippen LogP contribution < -0.4 is 5.32 Å². The average Bonchev–Trinajstić information content (AvgIpc) is 2.04. The van der Waals surface area contributed by atoms with Crippen molar-refractivity contribution in [1.29, 1.82) is 0 Å². The van der Waals surface area contributed by atoms with Crippen LogP contribution in [0.25, 0.3) is 0 Å². The van der Waals surface area contributed by atoms with Crippen molar-refractivity contribution in [2.24, 2.45) is 5.92 Å². The van der Waals surface area contributed by atoms with Crippen LogP contribution in [0.2, 0.25) is 0 Å². The molecule has 1 saturated heterocycles. The predicted molar refractivity (Wildman–Crippen MR) is 57.3 cm³/mol. The Bertz CT molecular complexity index is 133. The van der Waals surface area contributed by atoms with E-state index in [4.69, 9.17) is 4.74 Å². The zero-order valence-electron chi connectivity index (χ0n) is 8.75. The Labute approximate surface area is 87.2 Å². The monoisotopic (exact) mass is 208 g/mol. The van der Waals surface area contributed by atoms with Crippen LogP contribution in [-0.4, -0.2) is 44.4 Å². The second kappa shape index (κ2) is 6.60. The molecule has 1 heterocycles. The molecule has 1 N–H and O–H groups in total. The molecule has 0 aromatic rings. The van der Waals surface area contributed by atoms with Crippen molar-refractivity contribution in [3.8, 4) is 0 Å². The maximum absolute atomic E-state index is 5.37. The fourth-order valence-electron chi connectivity index (χ4n) is 1.63. The van der Waals surface area contributed by atoms with Gasteiger partial charge in [-0.2, -0.15) is 0 Å². The van der Waals surface area contributed by atoms with E-state index in [1.165, 1.54) is 0 Å². The van der Waals surface area contributed by atoms with Crippen molar-refractivity contribution in [2.45, 2.75) is 20.1 Å². The lowest BCUT2D eigenvalue weighted by atomic mass is 10.2. The number of nitrogens with one attached hydrogen (secondary N) is 1. The van der Waals surface area contributed by atoms with E-state index in [0.717, 1.165) is 32.1 Å². The number of piperazine rings is 1. The van der Waals surface area contributed by atoms with Gasteiger partial charge >= 0.3 is 0 Å². The zero-order chi connectivity index (χ0) is 8.97. The molecule has 1 atom stereocenters.